The summed E-state index contributed by atoms with van der Waals surface area (Å²) in [5.41, 5.74) is 2.19. The highest BCUT2D eigenvalue weighted by molar-refractivity contribution is 14.0. The van der Waals surface area contributed by atoms with Crippen molar-refractivity contribution in [2.75, 3.05) is 34.4 Å². The molecule has 0 aliphatic rings. The smallest absolute Gasteiger partial charge is 0.190 e. The number of aryl methyl sites for hydroxylation is 1. The summed E-state index contributed by atoms with van der Waals surface area (Å²) >= 11 is 0. The Morgan fingerprint density at radius 3 is 2.62 bits per heavy atom. The Balaban J connectivity index is 0.00000300. The first-order valence-corrected chi connectivity index (χ1v) is 9.44. The number of benzene rings is 1. The van der Waals surface area contributed by atoms with Gasteiger partial charge in [-0.25, -0.2) is 0 Å². The second-order valence-corrected chi connectivity index (χ2v) is 6.44. The number of aromatic nitrogens is 1. The van der Waals surface area contributed by atoms with Crippen LogP contribution in [0.2, 0.25) is 0 Å². The molecule has 1 aromatic carbocycles. The fraction of sp³-hybridized carbons (Fsp3) is 0.381. The second kappa shape index (κ2) is 11.6. The first-order chi connectivity index (χ1) is 13.7. The maximum atomic E-state index is 5.48. The molecular weight excluding hydrogens is 483 g/mol. The number of hydrogen-bond acceptors (Lipinski definition) is 4. The van der Waals surface area contributed by atoms with Crippen LogP contribution < -0.4 is 20.1 Å². The van der Waals surface area contributed by atoms with E-state index in [0.29, 0.717) is 0 Å². The molecule has 0 aliphatic heterocycles. The molecule has 3 rings (SSSR count). The van der Waals surface area contributed by atoms with Gasteiger partial charge in [0.2, 0.25) is 0 Å². The number of aliphatic imine (C=N–C) groups is 1. The number of H-pyrrole nitrogens is 1. The van der Waals surface area contributed by atoms with Crippen molar-refractivity contribution >= 4 is 40.8 Å². The summed E-state index contributed by atoms with van der Waals surface area (Å²) in [7, 11) is 5.11. The first-order valence-electron chi connectivity index (χ1n) is 9.44. The zero-order chi connectivity index (χ0) is 19.8. The number of rotatable bonds is 9. The van der Waals surface area contributed by atoms with E-state index in [1.807, 2.05) is 24.3 Å². The minimum absolute atomic E-state index is 0. The van der Waals surface area contributed by atoms with Crippen molar-refractivity contribution in [3.63, 3.8) is 0 Å². The average Bonchev–Trinajstić information content (AvgIpc) is 3.38. The molecule has 7 nitrogen and oxygen atoms in total. The third-order valence-electron chi connectivity index (χ3n) is 4.57. The standard InChI is InChI=1S/C21H28N4O3.HI/c1-22-21(24-10-8-16-7-5-11-28-16)23-9-4-6-15-12-18-19(25-15)13-17(26-2)14-20(18)27-3;/h5,7,11-14,25H,4,6,8-10H2,1-3H3,(H2,22,23,24);1H. The van der Waals surface area contributed by atoms with Crippen LogP contribution in [-0.4, -0.2) is 45.3 Å². The molecule has 8 heteroatoms. The topological polar surface area (TPSA) is 83.8 Å². The van der Waals surface area contributed by atoms with Crippen LogP contribution in [0.5, 0.6) is 11.5 Å². The number of guanidine groups is 1. The Labute approximate surface area is 188 Å². The first kappa shape index (κ1) is 22.9. The van der Waals surface area contributed by atoms with Crippen LogP contribution in [0.25, 0.3) is 10.9 Å². The van der Waals surface area contributed by atoms with E-state index in [4.69, 9.17) is 13.9 Å². The molecule has 0 saturated heterocycles. The molecule has 29 heavy (non-hydrogen) atoms. The molecule has 0 fully saturated rings. The molecule has 0 spiro atoms. The van der Waals surface area contributed by atoms with Crippen molar-refractivity contribution in [1.82, 2.24) is 15.6 Å². The number of fused-ring (bicyclic) bond motifs is 1. The molecule has 0 saturated carbocycles. The SMILES string of the molecule is CN=C(NCCCc1cc2c(OC)cc(OC)cc2[nH]1)NCCc1ccco1.I. The van der Waals surface area contributed by atoms with Crippen molar-refractivity contribution in [3.8, 4) is 11.5 Å². The number of ether oxygens (including phenoxy) is 2. The molecule has 158 valence electrons. The Bertz CT molecular complexity index is 906. The Hall–Kier alpha value is -2.36. The summed E-state index contributed by atoms with van der Waals surface area (Å²) in [6.07, 6.45) is 4.42. The molecule has 2 aromatic heterocycles. The van der Waals surface area contributed by atoms with Gasteiger partial charge in [0.25, 0.3) is 0 Å². The minimum Gasteiger partial charge on any atom is -0.497 e. The number of aromatic amines is 1. The zero-order valence-electron chi connectivity index (χ0n) is 17.1. The van der Waals surface area contributed by atoms with Gasteiger partial charge >= 0.3 is 0 Å². The zero-order valence-corrected chi connectivity index (χ0v) is 19.4. The van der Waals surface area contributed by atoms with E-state index in [-0.39, 0.29) is 24.0 Å². The fourth-order valence-electron chi connectivity index (χ4n) is 3.12. The highest BCUT2D eigenvalue weighted by Crippen LogP contribution is 2.31. The lowest BCUT2D eigenvalue weighted by Crippen LogP contribution is -2.38. The van der Waals surface area contributed by atoms with E-state index in [1.54, 1.807) is 27.5 Å². The van der Waals surface area contributed by atoms with Crippen LogP contribution in [0, 0.1) is 0 Å². The molecule has 3 N–H and O–H groups in total. The van der Waals surface area contributed by atoms with E-state index < -0.39 is 0 Å². The summed E-state index contributed by atoms with van der Waals surface area (Å²) in [4.78, 5) is 7.71. The van der Waals surface area contributed by atoms with Crippen molar-refractivity contribution < 1.29 is 13.9 Å². The van der Waals surface area contributed by atoms with Crippen molar-refractivity contribution in [2.45, 2.75) is 19.3 Å². The Morgan fingerprint density at radius 2 is 1.93 bits per heavy atom. The molecular formula is C21H29IN4O3. The van der Waals surface area contributed by atoms with Gasteiger partial charge in [0.15, 0.2) is 5.96 Å². The summed E-state index contributed by atoms with van der Waals surface area (Å²) < 4.78 is 16.1. The highest BCUT2D eigenvalue weighted by Gasteiger charge is 2.09. The normalized spacial score (nSPS) is 11.2. The van der Waals surface area contributed by atoms with Crippen molar-refractivity contribution in [3.05, 3.63) is 48.0 Å². The number of furan rings is 1. The van der Waals surface area contributed by atoms with E-state index in [1.165, 1.54) is 5.69 Å². The van der Waals surface area contributed by atoms with Crippen molar-refractivity contribution in [1.29, 1.82) is 0 Å². The van der Waals surface area contributed by atoms with Gasteiger partial charge in [-0.15, -0.1) is 24.0 Å². The lowest BCUT2D eigenvalue weighted by Gasteiger charge is -2.11. The van der Waals surface area contributed by atoms with Crippen LogP contribution >= 0.6 is 24.0 Å². The highest BCUT2D eigenvalue weighted by atomic mass is 127. The fourth-order valence-corrected chi connectivity index (χ4v) is 3.12. The maximum Gasteiger partial charge on any atom is 0.190 e. The van der Waals surface area contributed by atoms with Crippen LogP contribution in [0.4, 0.5) is 0 Å². The van der Waals surface area contributed by atoms with Gasteiger partial charge in [-0.1, -0.05) is 0 Å². The third kappa shape index (κ3) is 6.31. The van der Waals surface area contributed by atoms with E-state index in [9.17, 15) is 0 Å². The quantitative estimate of drug-likeness (QED) is 0.176. The van der Waals surface area contributed by atoms with E-state index >= 15 is 0 Å². The minimum atomic E-state index is 0. The number of hydrogen-bond donors (Lipinski definition) is 3. The molecule has 0 atom stereocenters. The van der Waals surface area contributed by atoms with E-state index in [2.05, 4.69) is 26.7 Å². The molecule has 0 radical (unpaired) electrons. The van der Waals surface area contributed by atoms with Gasteiger partial charge in [-0.3, -0.25) is 4.99 Å². The second-order valence-electron chi connectivity index (χ2n) is 6.44. The van der Waals surface area contributed by atoms with Gasteiger partial charge in [-0.05, 0) is 31.0 Å². The number of nitrogens with zero attached hydrogens (tertiary/aromatic N) is 1. The van der Waals surface area contributed by atoms with Gasteiger partial charge < -0.3 is 29.5 Å². The lowest BCUT2D eigenvalue weighted by atomic mass is 10.2. The van der Waals surface area contributed by atoms with Gasteiger partial charge in [0.05, 0.1) is 26.0 Å². The van der Waals surface area contributed by atoms with E-state index in [0.717, 1.165) is 66.5 Å². The summed E-state index contributed by atoms with van der Waals surface area (Å²) in [6.45, 7) is 1.60. The Kier molecular flexibility index (Phi) is 9.17. The predicted molar refractivity (Wildman–Crippen MR) is 127 cm³/mol. The summed E-state index contributed by atoms with van der Waals surface area (Å²) in [5.74, 6) is 3.36. The predicted octanol–water partition coefficient (Wildman–Crippen LogP) is 3.74. The molecule has 2 heterocycles. The van der Waals surface area contributed by atoms with Gasteiger partial charge in [-0.2, -0.15) is 0 Å². The van der Waals surface area contributed by atoms with Crippen LogP contribution in [0.15, 0.2) is 46.0 Å². The number of nitrogens with one attached hydrogen (secondary N) is 3. The van der Waals surface area contributed by atoms with Gasteiger partial charge in [0, 0.05) is 49.8 Å². The molecule has 0 unspecified atom stereocenters. The van der Waals surface area contributed by atoms with Gasteiger partial charge in [0.1, 0.15) is 17.3 Å². The average molecular weight is 512 g/mol. The number of halogens is 1. The third-order valence-corrected chi connectivity index (χ3v) is 4.57. The molecule has 3 aromatic rings. The maximum absolute atomic E-state index is 5.48. The monoisotopic (exact) mass is 512 g/mol. The van der Waals surface area contributed by atoms with Crippen molar-refractivity contribution in [2.24, 2.45) is 4.99 Å². The largest absolute Gasteiger partial charge is 0.497 e. The summed E-state index contributed by atoms with van der Waals surface area (Å²) in [5, 5.41) is 7.71. The number of methoxy groups -OCH3 is 2. The van der Waals surface area contributed by atoms with Crippen LogP contribution in [-0.2, 0) is 12.8 Å². The van der Waals surface area contributed by atoms with Crippen LogP contribution in [0.3, 0.4) is 0 Å². The molecule has 0 amide bonds. The Morgan fingerprint density at radius 1 is 1.10 bits per heavy atom. The lowest BCUT2D eigenvalue weighted by molar-refractivity contribution is 0.398. The molecule has 0 bridgehead atoms. The summed E-state index contributed by atoms with van der Waals surface area (Å²) in [6, 6.07) is 9.91. The van der Waals surface area contributed by atoms with Crippen LogP contribution in [0.1, 0.15) is 17.9 Å². The molecule has 0 aliphatic carbocycles.